The van der Waals surface area contributed by atoms with Gasteiger partial charge in [-0.15, -0.1) is 0 Å². The molecule has 1 aromatic carbocycles. The molecule has 4 heteroatoms. The minimum atomic E-state index is -0.988. The van der Waals surface area contributed by atoms with E-state index in [4.69, 9.17) is 9.84 Å². The van der Waals surface area contributed by atoms with E-state index in [0.29, 0.717) is 18.4 Å². The van der Waals surface area contributed by atoms with Crippen LogP contribution >= 0.6 is 0 Å². The minimum Gasteiger partial charge on any atom is -0.496 e. The number of allylic oxidation sites excluding steroid dienone is 2. The molecule has 0 saturated heterocycles. The highest BCUT2D eigenvalue weighted by Crippen LogP contribution is 2.53. The summed E-state index contributed by atoms with van der Waals surface area (Å²) < 4.78 is 5.42. The molecule has 18 heavy (non-hydrogen) atoms. The first-order valence-electron chi connectivity index (χ1n) is 6.05. The third-order valence-electron chi connectivity index (χ3n) is 3.81. The summed E-state index contributed by atoms with van der Waals surface area (Å²) in [5.41, 5.74) is 3.57. The van der Waals surface area contributed by atoms with Gasteiger partial charge in [0.25, 0.3) is 0 Å². The van der Waals surface area contributed by atoms with E-state index >= 15 is 0 Å². The second-order valence-corrected chi connectivity index (χ2v) is 4.75. The summed E-state index contributed by atoms with van der Waals surface area (Å²) in [4.78, 5) is 10.6. The lowest BCUT2D eigenvalue weighted by atomic mass is 9.91. The maximum Gasteiger partial charge on any atom is 0.404 e. The van der Waals surface area contributed by atoms with Gasteiger partial charge in [-0.1, -0.05) is 18.2 Å². The average molecular weight is 245 g/mol. The Labute approximate surface area is 105 Å². The van der Waals surface area contributed by atoms with Crippen LogP contribution in [0, 0.1) is 0 Å². The molecule has 0 spiro atoms. The monoisotopic (exact) mass is 245 g/mol. The summed E-state index contributed by atoms with van der Waals surface area (Å²) in [6, 6.07) is 3.90. The van der Waals surface area contributed by atoms with E-state index in [0.717, 1.165) is 17.7 Å². The fourth-order valence-corrected chi connectivity index (χ4v) is 3.11. The zero-order valence-corrected chi connectivity index (χ0v) is 10.1. The van der Waals surface area contributed by atoms with Gasteiger partial charge < -0.3 is 15.2 Å². The van der Waals surface area contributed by atoms with Gasteiger partial charge in [-0.2, -0.15) is 0 Å². The van der Waals surface area contributed by atoms with E-state index in [1.54, 1.807) is 7.11 Å². The highest BCUT2D eigenvalue weighted by atomic mass is 16.5. The van der Waals surface area contributed by atoms with Crippen molar-refractivity contribution in [2.45, 2.75) is 24.8 Å². The number of fused-ring (bicyclic) bond motifs is 5. The van der Waals surface area contributed by atoms with E-state index < -0.39 is 6.09 Å². The number of rotatable bonds is 3. The van der Waals surface area contributed by atoms with Crippen LogP contribution in [0.1, 0.15) is 34.9 Å². The topological polar surface area (TPSA) is 58.6 Å². The SMILES string of the molecule is COc1ccc(CNC(=O)O)c2c1C1C=CC2C1. The van der Waals surface area contributed by atoms with Crippen LogP contribution in [0.4, 0.5) is 4.79 Å². The molecule has 94 valence electrons. The van der Waals surface area contributed by atoms with Crippen LogP contribution < -0.4 is 10.1 Å². The molecule has 1 aromatic rings. The van der Waals surface area contributed by atoms with Gasteiger partial charge in [0.15, 0.2) is 0 Å². The summed E-state index contributed by atoms with van der Waals surface area (Å²) in [5.74, 6) is 1.77. The molecule has 3 rings (SSSR count). The number of amides is 1. The third kappa shape index (κ3) is 1.56. The first-order valence-corrected chi connectivity index (χ1v) is 6.05. The van der Waals surface area contributed by atoms with Crippen LogP contribution in [0.15, 0.2) is 24.3 Å². The van der Waals surface area contributed by atoms with Crippen molar-refractivity contribution in [1.82, 2.24) is 5.32 Å². The molecule has 0 aromatic heterocycles. The summed E-state index contributed by atoms with van der Waals surface area (Å²) in [7, 11) is 1.68. The number of benzene rings is 1. The maximum atomic E-state index is 10.6. The van der Waals surface area contributed by atoms with Crippen molar-refractivity contribution >= 4 is 6.09 Å². The van der Waals surface area contributed by atoms with E-state index in [-0.39, 0.29) is 0 Å². The number of carboxylic acid groups (broad SMARTS) is 1. The predicted octanol–water partition coefficient (Wildman–Crippen LogP) is 2.60. The molecular weight excluding hydrogens is 230 g/mol. The van der Waals surface area contributed by atoms with Crippen LogP contribution in [0.5, 0.6) is 5.75 Å². The molecule has 0 saturated carbocycles. The second-order valence-electron chi connectivity index (χ2n) is 4.75. The molecule has 0 heterocycles. The lowest BCUT2D eigenvalue weighted by Gasteiger charge is -2.18. The first kappa shape index (κ1) is 11.1. The molecule has 2 N–H and O–H groups in total. The number of ether oxygens (including phenoxy) is 1. The Morgan fingerprint density at radius 3 is 2.78 bits per heavy atom. The van der Waals surface area contributed by atoms with Gasteiger partial charge in [0, 0.05) is 23.9 Å². The Kier molecular flexibility index (Phi) is 2.51. The van der Waals surface area contributed by atoms with Gasteiger partial charge in [-0.3, -0.25) is 0 Å². The molecule has 0 fully saturated rings. The third-order valence-corrected chi connectivity index (χ3v) is 3.81. The average Bonchev–Trinajstić information content (AvgIpc) is 2.97. The molecule has 2 unspecified atom stereocenters. The van der Waals surface area contributed by atoms with Crippen LogP contribution in [0.2, 0.25) is 0 Å². The maximum absolute atomic E-state index is 10.6. The number of carbonyl (C=O) groups is 1. The molecule has 2 bridgehead atoms. The Morgan fingerprint density at radius 2 is 2.11 bits per heavy atom. The first-order chi connectivity index (χ1) is 8.70. The van der Waals surface area contributed by atoms with Crippen molar-refractivity contribution in [3.63, 3.8) is 0 Å². The predicted molar refractivity (Wildman–Crippen MR) is 67.1 cm³/mol. The highest BCUT2D eigenvalue weighted by molar-refractivity contribution is 5.65. The van der Waals surface area contributed by atoms with Gasteiger partial charge in [0.2, 0.25) is 0 Å². The van der Waals surface area contributed by atoms with Gasteiger partial charge in [0.05, 0.1) is 7.11 Å². The minimum absolute atomic E-state index is 0.360. The Bertz CT molecular complexity index is 536. The summed E-state index contributed by atoms with van der Waals surface area (Å²) >= 11 is 0. The Balaban J connectivity index is 2.01. The Morgan fingerprint density at radius 1 is 1.39 bits per heavy atom. The number of hydrogen-bond donors (Lipinski definition) is 2. The molecule has 0 radical (unpaired) electrons. The highest BCUT2D eigenvalue weighted by Gasteiger charge is 2.36. The van der Waals surface area contributed by atoms with Crippen LogP contribution in [0.25, 0.3) is 0 Å². The molecular formula is C14H15NO3. The second kappa shape index (κ2) is 4.05. The van der Waals surface area contributed by atoms with E-state index in [1.807, 2.05) is 12.1 Å². The lowest BCUT2D eigenvalue weighted by Crippen LogP contribution is -2.21. The molecule has 0 aliphatic heterocycles. The zero-order chi connectivity index (χ0) is 12.7. The lowest BCUT2D eigenvalue weighted by molar-refractivity contribution is 0.194. The van der Waals surface area contributed by atoms with Crippen molar-refractivity contribution in [3.05, 3.63) is 41.0 Å². The van der Waals surface area contributed by atoms with Gasteiger partial charge in [-0.25, -0.2) is 4.79 Å². The fourth-order valence-electron chi connectivity index (χ4n) is 3.11. The molecule has 4 nitrogen and oxygen atoms in total. The van der Waals surface area contributed by atoms with E-state index in [1.165, 1.54) is 11.1 Å². The number of methoxy groups -OCH3 is 1. The Hall–Kier alpha value is -1.97. The van der Waals surface area contributed by atoms with E-state index in [2.05, 4.69) is 17.5 Å². The van der Waals surface area contributed by atoms with Crippen LogP contribution in [-0.4, -0.2) is 18.3 Å². The zero-order valence-electron chi connectivity index (χ0n) is 10.1. The van der Waals surface area contributed by atoms with E-state index in [9.17, 15) is 4.79 Å². The normalized spacial score (nSPS) is 22.9. The number of nitrogens with one attached hydrogen (secondary N) is 1. The standard InChI is InChI=1S/C14H15NO3/c1-18-11-5-4-10(7-15-14(16)17)12-8-2-3-9(6-8)13(11)12/h2-5,8-9,15H,6-7H2,1H3,(H,16,17). The van der Waals surface area contributed by atoms with Crippen LogP contribution in [0.3, 0.4) is 0 Å². The van der Waals surface area contributed by atoms with Crippen molar-refractivity contribution in [3.8, 4) is 5.75 Å². The van der Waals surface area contributed by atoms with Crippen molar-refractivity contribution in [1.29, 1.82) is 0 Å². The molecule has 1 amide bonds. The van der Waals surface area contributed by atoms with Crippen molar-refractivity contribution < 1.29 is 14.6 Å². The van der Waals surface area contributed by atoms with Gasteiger partial charge >= 0.3 is 6.09 Å². The summed E-state index contributed by atoms with van der Waals surface area (Å²) in [6.07, 6.45) is 4.55. The number of hydrogen-bond acceptors (Lipinski definition) is 2. The van der Waals surface area contributed by atoms with Crippen molar-refractivity contribution in [2.24, 2.45) is 0 Å². The van der Waals surface area contributed by atoms with Gasteiger partial charge in [0.1, 0.15) is 5.75 Å². The van der Waals surface area contributed by atoms with Crippen molar-refractivity contribution in [2.75, 3.05) is 7.11 Å². The molecule has 2 aliphatic carbocycles. The van der Waals surface area contributed by atoms with Gasteiger partial charge in [-0.05, 0) is 23.6 Å². The van der Waals surface area contributed by atoms with Crippen LogP contribution in [-0.2, 0) is 6.54 Å². The molecule has 2 aliphatic rings. The summed E-state index contributed by atoms with van der Waals surface area (Å²) in [6.45, 7) is 0.360. The largest absolute Gasteiger partial charge is 0.496 e. The molecule has 2 atom stereocenters. The summed E-state index contributed by atoms with van der Waals surface area (Å²) in [5, 5.41) is 11.1. The smallest absolute Gasteiger partial charge is 0.404 e. The quantitative estimate of drug-likeness (QED) is 0.805. The fraction of sp³-hybridized carbons (Fsp3) is 0.357.